The van der Waals surface area contributed by atoms with Gasteiger partial charge in [0.2, 0.25) is 5.91 Å². The minimum absolute atomic E-state index is 0.183. The summed E-state index contributed by atoms with van der Waals surface area (Å²) in [6, 6.07) is 7.85. The van der Waals surface area contributed by atoms with Crippen molar-refractivity contribution in [3.8, 4) is 0 Å². The molecule has 0 saturated heterocycles. The molecule has 0 spiro atoms. The van der Waals surface area contributed by atoms with Gasteiger partial charge in [-0.1, -0.05) is 26.0 Å². The van der Waals surface area contributed by atoms with Crippen LogP contribution in [-0.4, -0.2) is 16.9 Å². The Balaban J connectivity index is 2.11. The third-order valence-corrected chi connectivity index (χ3v) is 3.20. The lowest BCUT2D eigenvalue weighted by Crippen LogP contribution is -2.44. The van der Waals surface area contributed by atoms with Crippen molar-refractivity contribution in [2.45, 2.75) is 26.4 Å². The Hall–Kier alpha value is -1.94. The van der Waals surface area contributed by atoms with Crippen molar-refractivity contribution in [1.29, 1.82) is 0 Å². The largest absolute Gasteiger partial charge is 0.368 e. The standard InChI is InChI=1S/C15H19N3O/c1-10(2)14(15(16)19)18-8-11-3-4-13-9-17-6-5-12(13)7-11/h3-7,9-10,14,18H,8H2,1-2H3,(H2,16,19). The molecule has 4 heteroatoms. The second-order valence-corrected chi connectivity index (χ2v) is 5.06. The molecule has 2 rings (SSSR count). The first-order valence-electron chi connectivity index (χ1n) is 6.43. The molecule has 1 unspecified atom stereocenters. The molecule has 0 fully saturated rings. The number of carbonyl (C=O) groups excluding carboxylic acids is 1. The molecule has 1 aromatic heterocycles. The number of fused-ring (bicyclic) bond motifs is 1. The van der Waals surface area contributed by atoms with Gasteiger partial charge in [0, 0.05) is 24.3 Å². The van der Waals surface area contributed by atoms with Gasteiger partial charge in [0.1, 0.15) is 0 Å². The van der Waals surface area contributed by atoms with Gasteiger partial charge in [-0.2, -0.15) is 0 Å². The van der Waals surface area contributed by atoms with Crippen molar-refractivity contribution in [1.82, 2.24) is 10.3 Å². The summed E-state index contributed by atoms with van der Waals surface area (Å²) in [6.45, 7) is 4.59. The zero-order valence-electron chi connectivity index (χ0n) is 11.3. The van der Waals surface area contributed by atoms with Crippen LogP contribution in [-0.2, 0) is 11.3 Å². The fourth-order valence-electron chi connectivity index (χ4n) is 2.14. The third-order valence-electron chi connectivity index (χ3n) is 3.20. The maximum absolute atomic E-state index is 11.3. The average molecular weight is 257 g/mol. The molecule has 3 N–H and O–H groups in total. The van der Waals surface area contributed by atoms with Gasteiger partial charge in [0.15, 0.2) is 0 Å². The molecule has 0 bridgehead atoms. The van der Waals surface area contributed by atoms with Crippen LogP contribution in [0.5, 0.6) is 0 Å². The van der Waals surface area contributed by atoms with Crippen LogP contribution in [0, 0.1) is 5.92 Å². The van der Waals surface area contributed by atoms with Crippen LogP contribution in [0.25, 0.3) is 10.8 Å². The van der Waals surface area contributed by atoms with Crippen LogP contribution in [0.15, 0.2) is 36.7 Å². The topological polar surface area (TPSA) is 68.0 Å². The molecule has 0 aliphatic carbocycles. The zero-order valence-corrected chi connectivity index (χ0v) is 11.3. The maximum atomic E-state index is 11.3. The summed E-state index contributed by atoms with van der Waals surface area (Å²) in [5, 5.41) is 5.47. The lowest BCUT2D eigenvalue weighted by molar-refractivity contribution is -0.121. The number of primary amides is 1. The Kier molecular flexibility index (Phi) is 4.12. The highest BCUT2D eigenvalue weighted by Crippen LogP contribution is 2.14. The summed E-state index contributed by atoms with van der Waals surface area (Å²) >= 11 is 0. The molecule has 0 radical (unpaired) electrons. The number of amides is 1. The number of hydrogen-bond acceptors (Lipinski definition) is 3. The van der Waals surface area contributed by atoms with Crippen LogP contribution in [0.2, 0.25) is 0 Å². The number of nitrogens with zero attached hydrogens (tertiary/aromatic N) is 1. The summed E-state index contributed by atoms with van der Waals surface area (Å²) in [5.74, 6) is -0.123. The van der Waals surface area contributed by atoms with E-state index in [1.807, 2.05) is 38.2 Å². The van der Waals surface area contributed by atoms with E-state index in [1.165, 1.54) is 0 Å². The number of nitrogens with one attached hydrogen (secondary N) is 1. The van der Waals surface area contributed by atoms with Gasteiger partial charge in [0.05, 0.1) is 6.04 Å². The van der Waals surface area contributed by atoms with Gasteiger partial charge in [-0.25, -0.2) is 0 Å². The minimum atomic E-state index is -0.306. The molecule has 1 atom stereocenters. The normalized spacial score (nSPS) is 12.8. The van der Waals surface area contributed by atoms with Crippen LogP contribution in [0.1, 0.15) is 19.4 Å². The number of rotatable bonds is 5. The maximum Gasteiger partial charge on any atom is 0.234 e. The van der Waals surface area contributed by atoms with E-state index in [4.69, 9.17) is 5.73 Å². The van der Waals surface area contributed by atoms with Gasteiger partial charge in [0.25, 0.3) is 0 Å². The summed E-state index contributed by atoms with van der Waals surface area (Å²) in [6.07, 6.45) is 3.62. The molecule has 1 amide bonds. The third kappa shape index (κ3) is 3.29. The van der Waals surface area contributed by atoms with E-state index >= 15 is 0 Å². The number of benzene rings is 1. The Labute approximate surface area is 113 Å². The molecule has 2 aromatic rings. The van der Waals surface area contributed by atoms with E-state index in [0.29, 0.717) is 6.54 Å². The fourth-order valence-corrected chi connectivity index (χ4v) is 2.14. The summed E-state index contributed by atoms with van der Waals surface area (Å²) in [5.41, 5.74) is 6.51. The molecule has 19 heavy (non-hydrogen) atoms. The molecular formula is C15H19N3O. The molecule has 1 heterocycles. The Bertz CT molecular complexity index is 580. The number of carbonyl (C=O) groups is 1. The number of aromatic nitrogens is 1. The van der Waals surface area contributed by atoms with Crippen LogP contribution in [0.3, 0.4) is 0 Å². The Morgan fingerprint density at radius 1 is 1.32 bits per heavy atom. The van der Waals surface area contributed by atoms with Crippen molar-refractivity contribution in [2.75, 3.05) is 0 Å². The molecular weight excluding hydrogens is 238 g/mol. The van der Waals surface area contributed by atoms with Crippen molar-refractivity contribution < 1.29 is 4.79 Å². The quantitative estimate of drug-likeness (QED) is 0.858. The molecule has 1 aromatic carbocycles. The van der Waals surface area contributed by atoms with Gasteiger partial charge >= 0.3 is 0 Å². The first-order valence-corrected chi connectivity index (χ1v) is 6.43. The van der Waals surface area contributed by atoms with E-state index in [9.17, 15) is 4.79 Å². The van der Waals surface area contributed by atoms with Crippen molar-refractivity contribution >= 4 is 16.7 Å². The van der Waals surface area contributed by atoms with Crippen molar-refractivity contribution in [3.63, 3.8) is 0 Å². The van der Waals surface area contributed by atoms with E-state index in [1.54, 1.807) is 6.20 Å². The van der Waals surface area contributed by atoms with E-state index < -0.39 is 0 Å². The van der Waals surface area contributed by atoms with Crippen molar-refractivity contribution in [3.05, 3.63) is 42.2 Å². The summed E-state index contributed by atoms with van der Waals surface area (Å²) in [4.78, 5) is 15.4. The lowest BCUT2D eigenvalue weighted by Gasteiger charge is -2.19. The molecule has 100 valence electrons. The zero-order chi connectivity index (χ0) is 13.8. The van der Waals surface area contributed by atoms with Crippen molar-refractivity contribution in [2.24, 2.45) is 11.7 Å². The highest BCUT2D eigenvalue weighted by Gasteiger charge is 2.18. The number of nitrogens with two attached hydrogens (primary N) is 1. The Morgan fingerprint density at radius 2 is 2.11 bits per heavy atom. The number of hydrogen-bond donors (Lipinski definition) is 2. The van der Waals surface area contributed by atoms with Crippen LogP contribution < -0.4 is 11.1 Å². The van der Waals surface area contributed by atoms with Crippen LogP contribution >= 0.6 is 0 Å². The van der Waals surface area contributed by atoms with Gasteiger partial charge < -0.3 is 11.1 Å². The predicted molar refractivity (Wildman–Crippen MR) is 76.4 cm³/mol. The molecule has 0 aliphatic rings. The highest BCUT2D eigenvalue weighted by molar-refractivity contribution is 5.82. The molecule has 0 saturated carbocycles. The minimum Gasteiger partial charge on any atom is -0.368 e. The smallest absolute Gasteiger partial charge is 0.234 e. The summed E-state index contributed by atoms with van der Waals surface area (Å²) in [7, 11) is 0. The highest BCUT2D eigenvalue weighted by atomic mass is 16.1. The summed E-state index contributed by atoms with van der Waals surface area (Å²) < 4.78 is 0. The molecule has 0 aliphatic heterocycles. The predicted octanol–water partition coefficient (Wildman–Crippen LogP) is 1.83. The second-order valence-electron chi connectivity index (χ2n) is 5.06. The first kappa shape index (κ1) is 13.5. The van der Waals surface area contributed by atoms with E-state index in [2.05, 4.69) is 16.4 Å². The number of pyridine rings is 1. The van der Waals surface area contributed by atoms with Crippen LogP contribution in [0.4, 0.5) is 0 Å². The second kappa shape index (κ2) is 5.80. The average Bonchev–Trinajstić information content (AvgIpc) is 2.38. The molecule has 4 nitrogen and oxygen atoms in total. The van der Waals surface area contributed by atoms with E-state index in [-0.39, 0.29) is 17.9 Å². The fraction of sp³-hybridized carbons (Fsp3) is 0.333. The lowest BCUT2D eigenvalue weighted by atomic mass is 10.0. The first-order chi connectivity index (χ1) is 9.08. The van der Waals surface area contributed by atoms with Gasteiger partial charge in [-0.3, -0.25) is 9.78 Å². The van der Waals surface area contributed by atoms with Gasteiger partial charge in [-0.15, -0.1) is 0 Å². The Morgan fingerprint density at radius 3 is 2.79 bits per heavy atom. The monoisotopic (exact) mass is 257 g/mol. The van der Waals surface area contributed by atoms with E-state index in [0.717, 1.165) is 16.3 Å². The van der Waals surface area contributed by atoms with Gasteiger partial charge in [-0.05, 0) is 29.0 Å². The SMILES string of the molecule is CC(C)C(NCc1ccc2cnccc2c1)C(N)=O.